The molecule has 2 fully saturated rings. The molecule has 0 bridgehead atoms. The molecule has 1 aromatic carbocycles. The number of benzene rings is 1. The quantitative estimate of drug-likeness (QED) is 0.887. The number of amides is 2. The Bertz CT molecular complexity index is 570. The number of hydrogen-bond donors (Lipinski definition) is 1. The van der Waals surface area contributed by atoms with Gasteiger partial charge in [-0.3, -0.25) is 0 Å². The molecule has 1 saturated heterocycles. The Morgan fingerprint density at radius 3 is 2.04 bits per heavy atom. The van der Waals surface area contributed by atoms with E-state index in [1.54, 1.807) is 21.3 Å². The third-order valence-corrected chi connectivity index (χ3v) is 4.49. The molecule has 0 unspecified atom stereocenters. The zero-order valence-electron chi connectivity index (χ0n) is 14.5. The standard InChI is InChI=1S/C17H25N3O4/c1-22-14-10-13(11-15(23-2)16(14)24-3)19-6-8-20(9-7-19)17(21)18-12-4-5-12/h10-12H,4-9H2,1-3H3,(H,18,21). The van der Waals surface area contributed by atoms with Gasteiger partial charge in [-0.15, -0.1) is 0 Å². The van der Waals surface area contributed by atoms with Crippen LogP contribution in [0.15, 0.2) is 12.1 Å². The normalized spacial score (nSPS) is 17.5. The van der Waals surface area contributed by atoms with Gasteiger partial charge in [-0.25, -0.2) is 4.79 Å². The first-order valence-electron chi connectivity index (χ1n) is 8.26. The van der Waals surface area contributed by atoms with Gasteiger partial charge in [0.05, 0.1) is 21.3 Å². The molecule has 1 aliphatic carbocycles. The van der Waals surface area contributed by atoms with Gasteiger partial charge in [-0.05, 0) is 12.8 Å². The number of carbonyl (C=O) groups is 1. The second kappa shape index (κ2) is 7.07. The zero-order chi connectivity index (χ0) is 17.1. The highest BCUT2D eigenvalue weighted by Crippen LogP contribution is 2.41. The predicted octanol–water partition coefficient (Wildman–Crippen LogP) is 1.71. The number of hydrogen-bond acceptors (Lipinski definition) is 5. The second-order valence-corrected chi connectivity index (χ2v) is 6.08. The van der Waals surface area contributed by atoms with Crippen molar-refractivity contribution in [3.8, 4) is 17.2 Å². The van der Waals surface area contributed by atoms with Crippen LogP contribution in [0.2, 0.25) is 0 Å². The van der Waals surface area contributed by atoms with Gasteiger partial charge < -0.3 is 29.3 Å². The minimum Gasteiger partial charge on any atom is -0.493 e. The average molecular weight is 335 g/mol. The van der Waals surface area contributed by atoms with Gasteiger partial charge in [0.2, 0.25) is 5.75 Å². The number of anilines is 1. The molecule has 1 aromatic rings. The smallest absolute Gasteiger partial charge is 0.317 e. The van der Waals surface area contributed by atoms with Crippen LogP contribution >= 0.6 is 0 Å². The summed E-state index contributed by atoms with van der Waals surface area (Å²) in [5, 5.41) is 3.04. The third-order valence-electron chi connectivity index (χ3n) is 4.49. The van der Waals surface area contributed by atoms with Crippen molar-refractivity contribution in [2.75, 3.05) is 52.4 Å². The number of urea groups is 1. The van der Waals surface area contributed by atoms with Crippen molar-refractivity contribution in [2.24, 2.45) is 0 Å². The fraction of sp³-hybridized carbons (Fsp3) is 0.588. The fourth-order valence-electron chi connectivity index (χ4n) is 2.91. The molecule has 7 heteroatoms. The molecule has 2 aliphatic rings. The summed E-state index contributed by atoms with van der Waals surface area (Å²) in [4.78, 5) is 16.2. The van der Waals surface area contributed by atoms with Gasteiger partial charge >= 0.3 is 6.03 Å². The summed E-state index contributed by atoms with van der Waals surface area (Å²) in [5.74, 6) is 1.87. The Hall–Kier alpha value is -2.31. The molecule has 0 radical (unpaired) electrons. The molecule has 0 aromatic heterocycles. The Morgan fingerprint density at radius 1 is 1.00 bits per heavy atom. The molecule has 2 amide bonds. The van der Waals surface area contributed by atoms with Gasteiger partial charge in [0.25, 0.3) is 0 Å². The average Bonchev–Trinajstić information content (AvgIpc) is 3.44. The van der Waals surface area contributed by atoms with Crippen LogP contribution in [0.1, 0.15) is 12.8 Å². The summed E-state index contributed by atoms with van der Waals surface area (Å²) in [6.07, 6.45) is 2.22. The van der Waals surface area contributed by atoms with Gasteiger partial charge in [0.15, 0.2) is 11.5 Å². The number of carbonyl (C=O) groups excluding carboxylic acids is 1. The summed E-state index contributed by atoms with van der Waals surface area (Å²) in [6, 6.07) is 4.34. The predicted molar refractivity (Wildman–Crippen MR) is 91.4 cm³/mol. The molecular weight excluding hydrogens is 310 g/mol. The summed E-state index contributed by atoms with van der Waals surface area (Å²) >= 11 is 0. The van der Waals surface area contributed by atoms with Crippen LogP contribution in [0.3, 0.4) is 0 Å². The minimum absolute atomic E-state index is 0.0574. The van der Waals surface area contributed by atoms with Crippen LogP contribution in [-0.2, 0) is 0 Å². The highest BCUT2D eigenvalue weighted by molar-refractivity contribution is 5.75. The van der Waals surface area contributed by atoms with Crippen molar-refractivity contribution in [2.45, 2.75) is 18.9 Å². The molecule has 1 N–H and O–H groups in total. The van der Waals surface area contributed by atoms with Crippen LogP contribution in [0.4, 0.5) is 10.5 Å². The monoisotopic (exact) mass is 335 g/mol. The molecule has 7 nitrogen and oxygen atoms in total. The first-order valence-corrected chi connectivity index (χ1v) is 8.26. The van der Waals surface area contributed by atoms with Crippen molar-refractivity contribution >= 4 is 11.7 Å². The van der Waals surface area contributed by atoms with Gasteiger partial charge in [-0.2, -0.15) is 0 Å². The lowest BCUT2D eigenvalue weighted by Crippen LogP contribution is -2.52. The van der Waals surface area contributed by atoms with E-state index in [1.807, 2.05) is 17.0 Å². The number of piperazine rings is 1. The molecule has 1 heterocycles. The summed E-state index contributed by atoms with van der Waals surface area (Å²) in [6.45, 7) is 2.96. The number of methoxy groups -OCH3 is 3. The fourth-order valence-corrected chi connectivity index (χ4v) is 2.91. The lowest BCUT2D eigenvalue weighted by molar-refractivity contribution is 0.194. The highest BCUT2D eigenvalue weighted by Gasteiger charge is 2.28. The Kier molecular flexibility index (Phi) is 4.87. The van der Waals surface area contributed by atoms with Crippen LogP contribution in [0.25, 0.3) is 0 Å². The van der Waals surface area contributed by atoms with Crippen molar-refractivity contribution in [3.05, 3.63) is 12.1 Å². The summed E-state index contributed by atoms with van der Waals surface area (Å²) < 4.78 is 16.2. The van der Waals surface area contributed by atoms with Gasteiger partial charge in [0, 0.05) is 50.0 Å². The highest BCUT2D eigenvalue weighted by atomic mass is 16.5. The topological polar surface area (TPSA) is 63.3 Å². The maximum absolute atomic E-state index is 12.1. The van der Waals surface area contributed by atoms with Gasteiger partial charge in [0.1, 0.15) is 0 Å². The molecule has 0 atom stereocenters. The number of ether oxygens (including phenoxy) is 3. The number of rotatable bonds is 5. The van der Waals surface area contributed by atoms with E-state index in [0.717, 1.165) is 31.6 Å². The van der Waals surface area contributed by atoms with Crippen molar-refractivity contribution in [1.82, 2.24) is 10.2 Å². The van der Waals surface area contributed by atoms with E-state index in [-0.39, 0.29) is 6.03 Å². The van der Waals surface area contributed by atoms with Crippen LogP contribution in [0.5, 0.6) is 17.2 Å². The molecular formula is C17H25N3O4. The van der Waals surface area contributed by atoms with Gasteiger partial charge in [-0.1, -0.05) is 0 Å². The van der Waals surface area contributed by atoms with E-state index in [4.69, 9.17) is 14.2 Å². The molecule has 1 aliphatic heterocycles. The van der Waals surface area contributed by atoms with Crippen LogP contribution < -0.4 is 24.4 Å². The van der Waals surface area contributed by atoms with E-state index in [9.17, 15) is 4.79 Å². The maximum Gasteiger partial charge on any atom is 0.317 e. The first kappa shape index (κ1) is 16.5. The van der Waals surface area contributed by atoms with E-state index >= 15 is 0 Å². The lowest BCUT2D eigenvalue weighted by Gasteiger charge is -2.36. The van der Waals surface area contributed by atoms with Crippen molar-refractivity contribution in [3.63, 3.8) is 0 Å². The molecule has 0 spiro atoms. The molecule has 24 heavy (non-hydrogen) atoms. The third kappa shape index (κ3) is 3.44. The van der Waals surface area contributed by atoms with E-state index in [1.165, 1.54) is 0 Å². The Morgan fingerprint density at radius 2 is 1.58 bits per heavy atom. The SMILES string of the molecule is COc1cc(N2CCN(C(=O)NC3CC3)CC2)cc(OC)c1OC. The van der Waals surface area contributed by atoms with E-state index in [0.29, 0.717) is 36.4 Å². The maximum atomic E-state index is 12.1. The Labute approximate surface area is 142 Å². The largest absolute Gasteiger partial charge is 0.493 e. The molecule has 132 valence electrons. The van der Waals surface area contributed by atoms with Crippen molar-refractivity contribution in [1.29, 1.82) is 0 Å². The first-order chi connectivity index (χ1) is 11.7. The number of nitrogens with zero attached hydrogens (tertiary/aromatic N) is 2. The van der Waals surface area contributed by atoms with E-state index in [2.05, 4.69) is 10.2 Å². The minimum atomic E-state index is 0.0574. The lowest BCUT2D eigenvalue weighted by atomic mass is 10.2. The Balaban J connectivity index is 1.68. The zero-order valence-corrected chi connectivity index (χ0v) is 14.5. The van der Waals surface area contributed by atoms with E-state index < -0.39 is 0 Å². The second-order valence-electron chi connectivity index (χ2n) is 6.08. The summed E-state index contributed by atoms with van der Waals surface area (Å²) in [7, 11) is 4.82. The molecule has 3 rings (SSSR count). The van der Waals surface area contributed by atoms with Crippen LogP contribution in [0, 0.1) is 0 Å². The molecule has 1 saturated carbocycles. The summed E-state index contributed by atoms with van der Waals surface area (Å²) in [5.41, 5.74) is 1.01. The van der Waals surface area contributed by atoms with Crippen LogP contribution in [-0.4, -0.2) is 64.5 Å². The van der Waals surface area contributed by atoms with Crippen molar-refractivity contribution < 1.29 is 19.0 Å². The number of nitrogens with one attached hydrogen (secondary N) is 1.